The smallest absolute Gasteiger partial charge is 0.416 e. The molecule has 40 heavy (non-hydrogen) atoms. The number of esters is 1. The minimum atomic E-state index is -4.49. The van der Waals surface area contributed by atoms with Crippen LogP contribution in [0.3, 0.4) is 0 Å². The van der Waals surface area contributed by atoms with E-state index in [4.69, 9.17) is 4.74 Å². The van der Waals surface area contributed by atoms with Crippen molar-refractivity contribution in [1.82, 2.24) is 14.7 Å². The average Bonchev–Trinajstić information content (AvgIpc) is 2.94. The molecular weight excluding hydrogens is 523 g/mol. The van der Waals surface area contributed by atoms with E-state index in [2.05, 4.69) is 11.8 Å². The van der Waals surface area contributed by atoms with E-state index < -0.39 is 23.6 Å². The van der Waals surface area contributed by atoms with E-state index in [1.165, 1.54) is 17.0 Å². The topological polar surface area (TPSA) is 70.2 Å². The molecule has 0 aliphatic carbocycles. The van der Waals surface area contributed by atoms with Crippen LogP contribution in [-0.2, 0) is 27.0 Å². The third-order valence-corrected chi connectivity index (χ3v) is 7.58. The van der Waals surface area contributed by atoms with Crippen molar-refractivity contribution in [3.63, 3.8) is 0 Å². The van der Waals surface area contributed by atoms with Crippen LogP contribution in [0.4, 0.5) is 13.2 Å². The molecule has 0 bridgehead atoms. The molecule has 1 saturated heterocycles. The summed E-state index contributed by atoms with van der Waals surface area (Å²) >= 11 is 0. The maximum Gasteiger partial charge on any atom is 0.416 e. The molecule has 4 rings (SSSR count). The number of nitrogens with zero attached hydrogens (tertiary/aromatic N) is 3. The third kappa shape index (κ3) is 6.38. The summed E-state index contributed by atoms with van der Waals surface area (Å²) in [5.74, 6) is -1.69. The molecule has 2 heterocycles. The van der Waals surface area contributed by atoms with Gasteiger partial charge < -0.3 is 19.4 Å². The predicted octanol–water partition coefficient (Wildman–Crippen LogP) is 4.84. The third-order valence-electron chi connectivity index (χ3n) is 7.58. The van der Waals surface area contributed by atoms with Gasteiger partial charge in [0.2, 0.25) is 5.91 Å². The van der Waals surface area contributed by atoms with Gasteiger partial charge in [-0.25, -0.2) is 4.79 Å². The summed E-state index contributed by atoms with van der Waals surface area (Å²) in [6.07, 6.45) is -4.59. The van der Waals surface area contributed by atoms with E-state index in [-0.39, 0.29) is 37.0 Å². The van der Waals surface area contributed by atoms with Crippen LogP contribution in [0, 0.1) is 0 Å². The number of amides is 2. The van der Waals surface area contributed by atoms with Crippen molar-refractivity contribution in [2.45, 2.75) is 45.8 Å². The summed E-state index contributed by atoms with van der Waals surface area (Å²) in [5, 5.41) is 0. The highest BCUT2D eigenvalue weighted by atomic mass is 19.4. The Hall–Kier alpha value is -3.66. The van der Waals surface area contributed by atoms with E-state index in [1.54, 1.807) is 32.0 Å². The molecule has 1 fully saturated rings. The van der Waals surface area contributed by atoms with Crippen molar-refractivity contribution in [2.75, 3.05) is 39.3 Å². The molecule has 2 aliphatic rings. The molecule has 214 valence electrons. The number of halogens is 3. The normalized spacial score (nSPS) is 18.8. The molecule has 0 radical (unpaired) electrons. The van der Waals surface area contributed by atoms with E-state index in [0.29, 0.717) is 29.9 Å². The molecule has 2 aromatic carbocycles. The Labute approximate surface area is 232 Å². The predicted molar refractivity (Wildman–Crippen MR) is 143 cm³/mol. The fourth-order valence-corrected chi connectivity index (χ4v) is 5.30. The SMILES string of the molecule is CCOC(=O)C1=C(C)N(Cc2cccc(C(=O)N3CCN(CC)CC3)c2)C(=O)CC1c1ccc(C(F)(F)F)cc1. The summed E-state index contributed by atoms with van der Waals surface area (Å²) in [5.41, 5.74) is 1.50. The average molecular weight is 558 g/mol. The number of allylic oxidation sites excluding steroid dienone is 1. The van der Waals surface area contributed by atoms with Gasteiger partial charge in [-0.3, -0.25) is 9.59 Å². The summed E-state index contributed by atoms with van der Waals surface area (Å²) in [6, 6.07) is 11.6. The van der Waals surface area contributed by atoms with Crippen LogP contribution in [0.1, 0.15) is 60.2 Å². The molecule has 0 N–H and O–H groups in total. The highest BCUT2D eigenvalue weighted by Crippen LogP contribution is 2.39. The van der Waals surface area contributed by atoms with Crippen molar-refractivity contribution in [3.05, 3.63) is 82.1 Å². The van der Waals surface area contributed by atoms with Gasteiger partial charge in [-0.15, -0.1) is 0 Å². The zero-order valence-corrected chi connectivity index (χ0v) is 23.0. The molecule has 7 nitrogen and oxygen atoms in total. The van der Waals surface area contributed by atoms with E-state index in [0.717, 1.165) is 37.3 Å². The number of piperazine rings is 1. The lowest BCUT2D eigenvalue weighted by Crippen LogP contribution is -2.48. The number of carbonyl (C=O) groups excluding carboxylic acids is 3. The summed E-state index contributed by atoms with van der Waals surface area (Å²) in [4.78, 5) is 45.1. The first-order valence-electron chi connectivity index (χ1n) is 13.5. The standard InChI is InChI=1S/C30H34F3N3O4/c1-4-34-13-15-35(16-14-34)28(38)23-8-6-7-21(17-23)19-36-20(3)27(29(39)40-5-2)25(18-26(36)37)22-9-11-24(12-10-22)30(31,32)33/h6-12,17,25H,4-5,13-16,18-19H2,1-3H3. The molecule has 0 spiro atoms. The van der Waals surface area contributed by atoms with Crippen LogP contribution in [0.2, 0.25) is 0 Å². The Morgan fingerprint density at radius 2 is 1.68 bits per heavy atom. The number of likely N-dealkylation sites (N-methyl/N-ethyl adjacent to an activating group) is 1. The van der Waals surface area contributed by atoms with Crippen LogP contribution in [0.15, 0.2) is 59.8 Å². The van der Waals surface area contributed by atoms with E-state index >= 15 is 0 Å². The number of ether oxygens (including phenoxy) is 1. The van der Waals surface area contributed by atoms with Gasteiger partial charge in [0.05, 0.1) is 24.3 Å². The van der Waals surface area contributed by atoms with Crippen molar-refractivity contribution in [2.24, 2.45) is 0 Å². The number of rotatable bonds is 7. The zero-order valence-electron chi connectivity index (χ0n) is 23.0. The Morgan fingerprint density at radius 1 is 1.00 bits per heavy atom. The highest BCUT2D eigenvalue weighted by Gasteiger charge is 2.38. The summed E-state index contributed by atoms with van der Waals surface area (Å²) in [7, 11) is 0. The first kappa shape index (κ1) is 29.3. The lowest BCUT2D eigenvalue weighted by atomic mass is 9.83. The lowest BCUT2D eigenvalue weighted by Gasteiger charge is -2.35. The minimum absolute atomic E-state index is 0.0654. The van der Waals surface area contributed by atoms with Crippen molar-refractivity contribution < 1.29 is 32.3 Å². The van der Waals surface area contributed by atoms with Gasteiger partial charge >= 0.3 is 12.1 Å². The Morgan fingerprint density at radius 3 is 2.27 bits per heavy atom. The molecule has 2 amide bonds. The van der Waals surface area contributed by atoms with E-state index in [9.17, 15) is 27.6 Å². The fraction of sp³-hybridized carbons (Fsp3) is 0.433. The van der Waals surface area contributed by atoms with Crippen LogP contribution in [-0.4, -0.2) is 71.8 Å². The molecule has 2 aromatic rings. The molecule has 0 saturated carbocycles. The van der Waals surface area contributed by atoms with Gasteiger partial charge in [0.25, 0.3) is 5.91 Å². The van der Waals surface area contributed by atoms with Gasteiger partial charge in [-0.05, 0) is 55.8 Å². The Kier molecular flexibility index (Phi) is 8.98. The van der Waals surface area contributed by atoms with Gasteiger partial charge in [0, 0.05) is 49.8 Å². The lowest BCUT2D eigenvalue weighted by molar-refractivity contribution is -0.140. The summed E-state index contributed by atoms with van der Waals surface area (Å²) in [6.45, 7) is 9.54. The molecule has 0 aromatic heterocycles. The zero-order chi connectivity index (χ0) is 29.0. The highest BCUT2D eigenvalue weighted by molar-refractivity contribution is 5.96. The number of benzene rings is 2. The first-order valence-corrected chi connectivity index (χ1v) is 13.5. The molecule has 2 aliphatic heterocycles. The van der Waals surface area contributed by atoms with Crippen LogP contribution >= 0.6 is 0 Å². The Balaban J connectivity index is 1.60. The number of alkyl halides is 3. The van der Waals surface area contributed by atoms with Gasteiger partial charge in [0.1, 0.15) is 0 Å². The van der Waals surface area contributed by atoms with Gasteiger partial charge in [-0.2, -0.15) is 13.2 Å². The van der Waals surface area contributed by atoms with Gasteiger partial charge in [-0.1, -0.05) is 31.2 Å². The van der Waals surface area contributed by atoms with Gasteiger partial charge in [0.15, 0.2) is 0 Å². The Bertz CT molecular complexity index is 1280. The van der Waals surface area contributed by atoms with Crippen LogP contribution < -0.4 is 0 Å². The quantitative estimate of drug-likeness (QED) is 0.456. The second-order valence-electron chi connectivity index (χ2n) is 10.0. The first-order chi connectivity index (χ1) is 19.0. The minimum Gasteiger partial charge on any atom is -0.463 e. The van der Waals surface area contributed by atoms with Crippen LogP contribution in [0.25, 0.3) is 0 Å². The molecule has 10 heteroatoms. The molecular formula is C30H34F3N3O4. The largest absolute Gasteiger partial charge is 0.463 e. The number of hydrogen-bond acceptors (Lipinski definition) is 5. The molecule has 1 atom stereocenters. The molecule has 1 unspecified atom stereocenters. The maximum atomic E-state index is 13.4. The van der Waals surface area contributed by atoms with E-state index in [1.807, 2.05) is 11.0 Å². The second kappa shape index (κ2) is 12.2. The number of hydrogen-bond donors (Lipinski definition) is 0. The van der Waals surface area contributed by atoms with Crippen LogP contribution in [0.5, 0.6) is 0 Å². The fourth-order valence-electron chi connectivity index (χ4n) is 5.30. The monoisotopic (exact) mass is 557 g/mol. The second-order valence-corrected chi connectivity index (χ2v) is 10.0. The van der Waals surface area contributed by atoms with Crippen molar-refractivity contribution in [1.29, 1.82) is 0 Å². The van der Waals surface area contributed by atoms with Crippen molar-refractivity contribution >= 4 is 17.8 Å². The number of carbonyl (C=O) groups is 3. The maximum absolute atomic E-state index is 13.4. The summed E-state index contributed by atoms with van der Waals surface area (Å²) < 4.78 is 44.6. The van der Waals surface area contributed by atoms with Crippen molar-refractivity contribution in [3.8, 4) is 0 Å².